The number of nitrogens with zero attached hydrogens (tertiary/aromatic N) is 3. The van der Waals surface area contributed by atoms with E-state index in [4.69, 9.17) is 5.11 Å². The fourth-order valence-electron chi connectivity index (χ4n) is 1.75. The van der Waals surface area contributed by atoms with Gasteiger partial charge in [-0.25, -0.2) is 14.5 Å². The Morgan fingerprint density at radius 2 is 1.95 bits per heavy atom. The van der Waals surface area contributed by atoms with Crippen LogP contribution in [0.4, 0.5) is 4.79 Å². The van der Waals surface area contributed by atoms with Gasteiger partial charge in [0.25, 0.3) is 0 Å². The number of carboxylic acid groups (broad SMARTS) is 1. The lowest BCUT2D eigenvalue weighted by Gasteiger charge is -2.05. The van der Waals surface area contributed by atoms with Crippen molar-refractivity contribution in [3.8, 4) is 5.69 Å². The van der Waals surface area contributed by atoms with Crippen LogP contribution in [0.3, 0.4) is 0 Å². The third-order valence-corrected chi connectivity index (χ3v) is 2.82. The van der Waals surface area contributed by atoms with Gasteiger partial charge in [-0.2, -0.15) is 0 Å². The normalized spacial score (nSPS) is 10.2. The number of hydrogen-bond donors (Lipinski definition) is 3. The first-order valence-electron chi connectivity index (χ1n) is 6.84. The first kappa shape index (κ1) is 15.5. The van der Waals surface area contributed by atoms with Gasteiger partial charge in [-0.1, -0.05) is 18.2 Å². The molecule has 0 spiro atoms. The van der Waals surface area contributed by atoms with E-state index in [-0.39, 0.29) is 19.0 Å². The number of carbonyl (C=O) groups excluding carboxylic acids is 1. The average Bonchev–Trinajstić information content (AvgIpc) is 2.99. The molecule has 2 rings (SSSR count). The number of rotatable bonds is 7. The minimum absolute atomic E-state index is 0.0311. The van der Waals surface area contributed by atoms with Gasteiger partial charge in [-0.3, -0.25) is 4.79 Å². The molecule has 3 N–H and O–H groups in total. The summed E-state index contributed by atoms with van der Waals surface area (Å²) >= 11 is 0. The Hall–Kier alpha value is -2.90. The van der Waals surface area contributed by atoms with Crippen molar-refractivity contribution in [3.05, 3.63) is 42.5 Å². The molecule has 1 aromatic carbocycles. The number of amides is 2. The van der Waals surface area contributed by atoms with E-state index < -0.39 is 5.97 Å². The highest BCUT2D eigenvalue weighted by Crippen LogP contribution is 2.04. The summed E-state index contributed by atoms with van der Waals surface area (Å²) in [5.74, 6) is -0.387. The van der Waals surface area contributed by atoms with Crippen LogP contribution in [0.2, 0.25) is 0 Å². The molecule has 0 unspecified atom stereocenters. The van der Waals surface area contributed by atoms with E-state index in [0.29, 0.717) is 18.8 Å². The summed E-state index contributed by atoms with van der Waals surface area (Å²) in [5, 5.41) is 17.9. The van der Waals surface area contributed by atoms with Gasteiger partial charge in [0, 0.05) is 13.0 Å². The van der Waals surface area contributed by atoms with Gasteiger partial charge in [-0.05, 0) is 18.6 Å². The van der Waals surface area contributed by atoms with E-state index >= 15 is 0 Å². The van der Waals surface area contributed by atoms with Gasteiger partial charge in [0.2, 0.25) is 0 Å². The number of urea groups is 1. The molecule has 1 aromatic heterocycles. The highest BCUT2D eigenvalue weighted by atomic mass is 16.4. The van der Waals surface area contributed by atoms with E-state index in [1.54, 1.807) is 11.0 Å². The SMILES string of the molecule is O=C(O)CCCNC(=O)NCc1ncn(-c2ccccc2)n1. The summed E-state index contributed by atoms with van der Waals surface area (Å²) in [6.07, 6.45) is 2.00. The fraction of sp³-hybridized carbons (Fsp3) is 0.286. The molecule has 0 saturated carbocycles. The van der Waals surface area contributed by atoms with Crippen molar-refractivity contribution in [1.29, 1.82) is 0 Å². The molecule has 0 atom stereocenters. The van der Waals surface area contributed by atoms with Crippen LogP contribution in [0.25, 0.3) is 5.69 Å². The van der Waals surface area contributed by atoms with Crippen LogP contribution >= 0.6 is 0 Å². The van der Waals surface area contributed by atoms with Crippen LogP contribution in [0.1, 0.15) is 18.7 Å². The smallest absolute Gasteiger partial charge is 0.315 e. The molecule has 0 saturated heterocycles. The number of carboxylic acids is 1. The van der Waals surface area contributed by atoms with Crippen molar-refractivity contribution in [3.63, 3.8) is 0 Å². The van der Waals surface area contributed by atoms with Crippen LogP contribution in [-0.2, 0) is 11.3 Å². The summed E-state index contributed by atoms with van der Waals surface area (Å²) in [6.45, 7) is 0.509. The number of para-hydroxylation sites is 1. The van der Waals surface area contributed by atoms with Crippen LogP contribution in [0, 0.1) is 0 Å². The third kappa shape index (κ3) is 4.89. The monoisotopic (exact) mass is 303 g/mol. The Morgan fingerprint density at radius 1 is 1.18 bits per heavy atom. The van der Waals surface area contributed by atoms with E-state index in [9.17, 15) is 9.59 Å². The molecule has 0 aliphatic heterocycles. The predicted octanol–water partition coefficient (Wildman–Crippen LogP) is 0.931. The first-order valence-corrected chi connectivity index (χ1v) is 6.84. The summed E-state index contributed by atoms with van der Waals surface area (Å²) < 4.78 is 1.63. The van der Waals surface area contributed by atoms with Crippen molar-refractivity contribution >= 4 is 12.0 Å². The summed E-state index contributed by atoms with van der Waals surface area (Å²) in [5.41, 5.74) is 0.888. The van der Waals surface area contributed by atoms with Gasteiger partial charge < -0.3 is 15.7 Å². The molecule has 1 heterocycles. The molecule has 0 aliphatic carbocycles. The van der Waals surface area contributed by atoms with E-state index in [0.717, 1.165) is 5.69 Å². The zero-order valence-corrected chi connectivity index (χ0v) is 11.9. The second-order valence-electron chi connectivity index (χ2n) is 4.55. The molecule has 2 aromatic rings. The zero-order valence-electron chi connectivity index (χ0n) is 11.9. The minimum Gasteiger partial charge on any atom is -0.481 e. The number of nitrogens with one attached hydrogen (secondary N) is 2. The molecule has 22 heavy (non-hydrogen) atoms. The Kier molecular flexibility index (Phi) is 5.47. The van der Waals surface area contributed by atoms with Gasteiger partial charge >= 0.3 is 12.0 Å². The van der Waals surface area contributed by atoms with Crippen LogP contribution < -0.4 is 10.6 Å². The predicted molar refractivity (Wildman–Crippen MR) is 78.5 cm³/mol. The van der Waals surface area contributed by atoms with Crippen molar-refractivity contribution in [2.45, 2.75) is 19.4 Å². The maximum atomic E-state index is 11.5. The second-order valence-corrected chi connectivity index (χ2v) is 4.55. The number of aromatic nitrogens is 3. The largest absolute Gasteiger partial charge is 0.481 e. The highest BCUT2D eigenvalue weighted by molar-refractivity contribution is 5.73. The van der Waals surface area contributed by atoms with E-state index in [2.05, 4.69) is 20.7 Å². The molecule has 0 fully saturated rings. The van der Waals surface area contributed by atoms with Crippen molar-refractivity contribution in [2.75, 3.05) is 6.54 Å². The number of hydrogen-bond acceptors (Lipinski definition) is 4. The molecule has 2 amide bonds. The number of aliphatic carboxylic acids is 1. The summed E-state index contributed by atoms with van der Waals surface area (Å²) in [4.78, 5) is 25.9. The van der Waals surface area contributed by atoms with Crippen LogP contribution in [-0.4, -0.2) is 38.4 Å². The Labute approximate surface area is 127 Å². The van der Waals surface area contributed by atoms with Gasteiger partial charge in [0.15, 0.2) is 5.82 Å². The lowest BCUT2D eigenvalue weighted by atomic mass is 10.3. The summed E-state index contributed by atoms with van der Waals surface area (Å²) in [7, 11) is 0. The Morgan fingerprint density at radius 3 is 2.68 bits per heavy atom. The fourth-order valence-corrected chi connectivity index (χ4v) is 1.75. The molecule has 8 heteroatoms. The van der Waals surface area contributed by atoms with Gasteiger partial charge in [0.05, 0.1) is 12.2 Å². The maximum absolute atomic E-state index is 11.5. The van der Waals surface area contributed by atoms with Crippen molar-refractivity contribution in [2.24, 2.45) is 0 Å². The van der Waals surface area contributed by atoms with E-state index in [1.807, 2.05) is 30.3 Å². The maximum Gasteiger partial charge on any atom is 0.315 e. The number of benzene rings is 1. The van der Waals surface area contributed by atoms with Crippen LogP contribution in [0.5, 0.6) is 0 Å². The first-order chi connectivity index (χ1) is 10.6. The van der Waals surface area contributed by atoms with Crippen LogP contribution in [0.15, 0.2) is 36.7 Å². The molecule has 0 bridgehead atoms. The van der Waals surface area contributed by atoms with Gasteiger partial charge in [0.1, 0.15) is 6.33 Å². The zero-order chi connectivity index (χ0) is 15.8. The minimum atomic E-state index is -0.877. The molecule has 116 valence electrons. The number of carbonyl (C=O) groups is 2. The molecule has 0 radical (unpaired) electrons. The second kappa shape index (κ2) is 7.77. The molecular weight excluding hydrogens is 286 g/mol. The molecule has 8 nitrogen and oxygen atoms in total. The summed E-state index contributed by atoms with van der Waals surface area (Å²) in [6, 6.07) is 9.15. The molecule has 0 aliphatic rings. The third-order valence-electron chi connectivity index (χ3n) is 2.82. The van der Waals surface area contributed by atoms with Crippen molar-refractivity contribution < 1.29 is 14.7 Å². The lowest BCUT2D eigenvalue weighted by Crippen LogP contribution is -2.36. The average molecular weight is 303 g/mol. The lowest BCUT2D eigenvalue weighted by molar-refractivity contribution is -0.137. The standard InChI is InChI=1S/C14H17N5O3/c20-13(21)7-4-8-15-14(22)16-9-12-17-10-19(18-12)11-5-2-1-3-6-11/h1-3,5-6,10H,4,7-9H2,(H,20,21)(H2,15,16,22). The Balaban J connectivity index is 1.74. The highest BCUT2D eigenvalue weighted by Gasteiger charge is 2.05. The quantitative estimate of drug-likeness (QED) is 0.659. The van der Waals surface area contributed by atoms with E-state index in [1.165, 1.54) is 0 Å². The Bertz CT molecular complexity index is 626. The molecular formula is C14H17N5O3. The van der Waals surface area contributed by atoms with Gasteiger partial charge in [-0.15, -0.1) is 5.10 Å². The topological polar surface area (TPSA) is 109 Å². The van der Waals surface area contributed by atoms with Crippen molar-refractivity contribution in [1.82, 2.24) is 25.4 Å².